The Hall–Kier alpha value is -2.96. The van der Waals surface area contributed by atoms with Gasteiger partial charge < -0.3 is 45.9 Å². The van der Waals surface area contributed by atoms with Gasteiger partial charge in [-0.25, -0.2) is 9.59 Å². The van der Waals surface area contributed by atoms with Crippen LogP contribution in [0.4, 0.5) is 15.3 Å². The number of anilines is 1. The lowest BCUT2D eigenvalue weighted by atomic mass is 9.92. The topological polar surface area (TPSA) is 167 Å². The molecular weight excluding hydrogens is 506 g/mol. The average Bonchev–Trinajstić information content (AvgIpc) is 3.30. The SMILES string of the molecule is COC(=O)OCC1CN(CCNC(=O)N2CCCC2C)CCC1NC(=O)c1cc(Cl)c(N)cc1OC.O. The van der Waals surface area contributed by atoms with E-state index in [0.29, 0.717) is 44.0 Å². The first-order valence-electron chi connectivity index (χ1n) is 12.1. The van der Waals surface area contributed by atoms with Crippen molar-refractivity contribution in [2.75, 3.05) is 59.3 Å². The van der Waals surface area contributed by atoms with Crippen LogP contribution in [0.15, 0.2) is 12.1 Å². The molecule has 0 aliphatic carbocycles. The normalized spacial score (nSPS) is 21.5. The van der Waals surface area contributed by atoms with E-state index in [4.69, 9.17) is 26.8 Å². The molecule has 0 bridgehead atoms. The van der Waals surface area contributed by atoms with Crippen molar-refractivity contribution in [3.05, 3.63) is 22.7 Å². The van der Waals surface area contributed by atoms with Crippen LogP contribution in [0.5, 0.6) is 5.75 Å². The molecule has 208 valence electrons. The van der Waals surface area contributed by atoms with Crippen molar-refractivity contribution in [1.82, 2.24) is 20.4 Å². The quantitative estimate of drug-likeness (QED) is 0.327. The number of methoxy groups -OCH3 is 2. The van der Waals surface area contributed by atoms with E-state index in [1.807, 2.05) is 4.90 Å². The number of urea groups is 1. The Morgan fingerprint density at radius 1 is 1.19 bits per heavy atom. The van der Waals surface area contributed by atoms with Crippen molar-refractivity contribution >= 4 is 35.4 Å². The fourth-order valence-corrected chi connectivity index (χ4v) is 4.89. The highest BCUT2D eigenvalue weighted by atomic mass is 35.5. The third kappa shape index (κ3) is 8.01. The lowest BCUT2D eigenvalue weighted by Crippen LogP contribution is -2.54. The number of nitrogens with one attached hydrogen (secondary N) is 2. The maximum absolute atomic E-state index is 13.1. The molecule has 13 heteroatoms. The third-order valence-corrected chi connectivity index (χ3v) is 7.13. The number of hydrogen-bond acceptors (Lipinski definition) is 8. The molecule has 2 aliphatic rings. The second-order valence-electron chi connectivity index (χ2n) is 9.19. The Kier molecular flexibility index (Phi) is 11.5. The summed E-state index contributed by atoms with van der Waals surface area (Å²) in [6.45, 7) is 5.34. The molecule has 0 saturated carbocycles. The predicted octanol–water partition coefficient (Wildman–Crippen LogP) is 1.50. The molecule has 2 fully saturated rings. The molecule has 37 heavy (non-hydrogen) atoms. The highest BCUT2D eigenvalue weighted by Gasteiger charge is 2.33. The summed E-state index contributed by atoms with van der Waals surface area (Å²) in [6.07, 6.45) is 1.91. The fourth-order valence-electron chi connectivity index (χ4n) is 4.72. The lowest BCUT2D eigenvalue weighted by Gasteiger charge is -2.38. The third-order valence-electron chi connectivity index (χ3n) is 6.80. The number of hydrogen-bond donors (Lipinski definition) is 3. The van der Waals surface area contributed by atoms with Gasteiger partial charge in [0.1, 0.15) is 12.4 Å². The minimum absolute atomic E-state index is 0. The van der Waals surface area contributed by atoms with Gasteiger partial charge >= 0.3 is 12.2 Å². The summed E-state index contributed by atoms with van der Waals surface area (Å²) in [5.41, 5.74) is 6.41. The zero-order chi connectivity index (χ0) is 26.2. The number of halogens is 1. The van der Waals surface area contributed by atoms with Gasteiger partial charge in [-0.1, -0.05) is 11.6 Å². The number of likely N-dealkylation sites (tertiary alicyclic amines) is 2. The molecule has 3 atom stereocenters. The molecule has 0 spiro atoms. The molecule has 0 radical (unpaired) electrons. The summed E-state index contributed by atoms with van der Waals surface area (Å²) in [4.78, 5) is 41.2. The predicted molar refractivity (Wildman–Crippen MR) is 139 cm³/mol. The van der Waals surface area contributed by atoms with E-state index in [9.17, 15) is 14.4 Å². The van der Waals surface area contributed by atoms with Crippen LogP contribution in [0, 0.1) is 5.92 Å². The van der Waals surface area contributed by atoms with Crippen molar-refractivity contribution in [1.29, 1.82) is 0 Å². The number of carbonyl (C=O) groups excluding carboxylic acids is 3. The standard InChI is InChI=1S/C24H36ClN5O6.H2O/c1-15-5-4-8-30(15)23(32)27-7-10-29-9-6-20(16(13-29)14-36-24(33)35-3)28-22(31)17-11-18(25)19(26)12-21(17)34-2;/h11-12,15-16,20H,4-10,13-14,26H2,1-3H3,(H,27,32)(H,28,31);1H2. The van der Waals surface area contributed by atoms with Gasteiger partial charge in [0.2, 0.25) is 0 Å². The molecule has 3 amide bonds. The van der Waals surface area contributed by atoms with E-state index < -0.39 is 6.16 Å². The molecule has 6 N–H and O–H groups in total. The molecule has 3 unspecified atom stereocenters. The summed E-state index contributed by atoms with van der Waals surface area (Å²) in [7, 11) is 2.70. The van der Waals surface area contributed by atoms with Crippen LogP contribution in [0.2, 0.25) is 5.02 Å². The molecule has 12 nitrogen and oxygen atoms in total. The molecule has 2 aliphatic heterocycles. The van der Waals surface area contributed by atoms with Crippen LogP contribution >= 0.6 is 11.6 Å². The Morgan fingerprint density at radius 2 is 1.95 bits per heavy atom. The first-order valence-corrected chi connectivity index (χ1v) is 12.5. The number of ether oxygens (including phenoxy) is 3. The summed E-state index contributed by atoms with van der Waals surface area (Å²) in [6, 6.07) is 2.95. The van der Waals surface area contributed by atoms with Crippen molar-refractivity contribution in [3.8, 4) is 5.75 Å². The summed E-state index contributed by atoms with van der Waals surface area (Å²) in [5, 5.41) is 6.29. The van der Waals surface area contributed by atoms with E-state index in [-0.39, 0.29) is 52.6 Å². The first kappa shape index (κ1) is 30.3. The van der Waals surface area contributed by atoms with E-state index in [1.165, 1.54) is 26.4 Å². The number of amides is 3. The Morgan fingerprint density at radius 3 is 2.59 bits per heavy atom. The van der Waals surface area contributed by atoms with Gasteiger partial charge in [0, 0.05) is 56.8 Å². The molecule has 3 rings (SSSR count). The zero-order valence-electron chi connectivity index (χ0n) is 21.5. The summed E-state index contributed by atoms with van der Waals surface area (Å²) >= 11 is 6.13. The van der Waals surface area contributed by atoms with Gasteiger partial charge in [0.15, 0.2) is 0 Å². The Balaban J connectivity index is 0.00000481. The van der Waals surface area contributed by atoms with Gasteiger partial charge in [-0.3, -0.25) is 4.79 Å². The first-order chi connectivity index (χ1) is 17.2. The summed E-state index contributed by atoms with van der Waals surface area (Å²) < 4.78 is 15.1. The van der Waals surface area contributed by atoms with Gasteiger partial charge in [0.05, 0.1) is 30.5 Å². The van der Waals surface area contributed by atoms with E-state index >= 15 is 0 Å². The van der Waals surface area contributed by atoms with Gasteiger partial charge in [0.25, 0.3) is 5.91 Å². The highest BCUT2D eigenvalue weighted by Crippen LogP contribution is 2.29. The van der Waals surface area contributed by atoms with E-state index in [2.05, 4.69) is 27.2 Å². The summed E-state index contributed by atoms with van der Waals surface area (Å²) in [5.74, 6) is -0.231. The van der Waals surface area contributed by atoms with E-state index in [0.717, 1.165) is 19.4 Å². The fraction of sp³-hybridized carbons (Fsp3) is 0.625. The molecule has 1 aromatic carbocycles. The van der Waals surface area contributed by atoms with Crippen LogP contribution in [-0.4, -0.2) is 99.0 Å². The lowest BCUT2D eigenvalue weighted by molar-refractivity contribution is 0.0333. The van der Waals surface area contributed by atoms with Crippen molar-refractivity contribution in [2.45, 2.75) is 38.3 Å². The van der Waals surface area contributed by atoms with E-state index in [1.54, 1.807) is 0 Å². The van der Waals surface area contributed by atoms with Gasteiger partial charge in [-0.05, 0) is 32.3 Å². The number of nitrogens with zero attached hydrogens (tertiary/aromatic N) is 2. The average molecular weight is 544 g/mol. The van der Waals surface area contributed by atoms with Crippen LogP contribution in [0.3, 0.4) is 0 Å². The maximum atomic E-state index is 13.1. The van der Waals surface area contributed by atoms with Crippen LogP contribution in [0.25, 0.3) is 0 Å². The molecule has 0 aromatic heterocycles. The smallest absolute Gasteiger partial charge is 0.496 e. The van der Waals surface area contributed by atoms with Crippen molar-refractivity contribution in [2.24, 2.45) is 5.92 Å². The van der Waals surface area contributed by atoms with Crippen LogP contribution in [0.1, 0.15) is 36.5 Å². The molecule has 2 heterocycles. The minimum atomic E-state index is -0.781. The number of piperidine rings is 1. The largest absolute Gasteiger partial charge is 0.507 e. The molecule has 1 aromatic rings. The van der Waals surface area contributed by atoms with Gasteiger partial charge in [-0.2, -0.15) is 0 Å². The monoisotopic (exact) mass is 543 g/mol. The Labute approximate surface area is 222 Å². The number of nitrogen functional groups attached to an aromatic ring is 1. The minimum Gasteiger partial charge on any atom is -0.496 e. The number of rotatable bonds is 8. The van der Waals surface area contributed by atoms with Crippen molar-refractivity contribution in [3.63, 3.8) is 0 Å². The van der Waals surface area contributed by atoms with Crippen LogP contribution in [-0.2, 0) is 9.47 Å². The van der Waals surface area contributed by atoms with Gasteiger partial charge in [-0.15, -0.1) is 0 Å². The second-order valence-corrected chi connectivity index (χ2v) is 9.59. The molecular formula is C24H38ClN5O7. The number of nitrogens with two attached hydrogens (primary N) is 1. The highest BCUT2D eigenvalue weighted by molar-refractivity contribution is 6.33. The molecule has 2 saturated heterocycles. The maximum Gasteiger partial charge on any atom is 0.507 e. The second kappa shape index (κ2) is 14.1. The Bertz CT molecular complexity index is 950. The number of benzene rings is 1. The van der Waals surface area contributed by atoms with Crippen LogP contribution < -0.4 is 21.1 Å². The zero-order valence-corrected chi connectivity index (χ0v) is 22.3. The number of carbonyl (C=O) groups is 3. The van der Waals surface area contributed by atoms with Crippen molar-refractivity contribution < 1.29 is 34.1 Å².